The highest BCUT2D eigenvalue weighted by atomic mass is 19.1. The van der Waals surface area contributed by atoms with E-state index in [4.69, 9.17) is 0 Å². The fourth-order valence-electron chi connectivity index (χ4n) is 3.17. The second-order valence-electron chi connectivity index (χ2n) is 5.58. The molecule has 0 radical (unpaired) electrons. The van der Waals surface area contributed by atoms with Gasteiger partial charge in [-0.25, -0.2) is 4.39 Å². The largest absolute Gasteiger partial charge is 0.338 e. The minimum absolute atomic E-state index is 0.126. The van der Waals surface area contributed by atoms with Gasteiger partial charge in [0, 0.05) is 26.2 Å². The summed E-state index contributed by atoms with van der Waals surface area (Å²) >= 11 is 0. The van der Waals surface area contributed by atoms with Crippen molar-refractivity contribution in [2.24, 2.45) is 11.8 Å². The average Bonchev–Trinajstić information content (AvgIpc) is 3.18. The predicted molar refractivity (Wildman–Crippen MR) is 80.1 cm³/mol. The van der Waals surface area contributed by atoms with Crippen LogP contribution in [0.3, 0.4) is 0 Å². The van der Waals surface area contributed by atoms with Crippen LogP contribution in [-0.4, -0.2) is 52.0 Å². The van der Waals surface area contributed by atoms with E-state index in [1.807, 2.05) is 0 Å². The average molecular weight is 303 g/mol. The van der Waals surface area contributed by atoms with Crippen molar-refractivity contribution in [1.82, 2.24) is 25.2 Å². The van der Waals surface area contributed by atoms with Crippen LogP contribution in [0.4, 0.5) is 4.39 Å². The molecular formula is C15H18FN5O. The molecule has 2 saturated heterocycles. The fourth-order valence-corrected chi connectivity index (χ4v) is 3.17. The lowest BCUT2D eigenvalue weighted by Gasteiger charge is -2.20. The first kappa shape index (κ1) is 14.6. The van der Waals surface area contributed by atoms with Crippen molar-refractivity contribution in [2.75, 3.05) is 26.2 Å². The summed E-state index contributed by atoms with van der Waals surface area (Å²) in [4.78, 5) is 15.6. The molecule has 0 bridgehead atoms. The van der Waals surface area contributed by atoms with Gasteiger partial charge in [-0.2, -0.15) is 15.0 Å². The van der Waals surface area contributed by atoms with Gasteiger partial charge in [-0.05, 0) is 17.9 Å². The molecule has 2 aliphatic rings. The van der Waals surface area contributed by atoms with Gasteiger partial charge in [0.15, 0.2) is 0 Å². The number of aromatic nitrogens is 3. The Morgan fingerprint density at radius 2 is 1.86 bits per heavy atom. The number of hydrogen-bond donors (Lipinski definition) is 1. The van der Waals surface area contributed by atoms with E-state index in [-0.39, 0.29) is 17.2 Å². The SMILES string of the molecule is C=C/C(=C(\C(=C)F)C(=O)N1C[C@H]2CNC[C@H]2C1)n1nccn1. The monoisotopic (exact) mass is 303 g/mol. The maximum absolute atomic E-state index is 14.0. The number of fused-ring (bicyclic) bond motifs is 1. The maximum Gasteiger partial charge on any atom is 0.259 e. The van der Waals surface area contributed by atoms with Crippen molar-refractivity contribution in [2.45, 2.75) is 0 Å². The van der Waals surface area contributed by atoms with Crippen LogP contribution in [0.5, 0.6) is 0 Å². The van der Waals surface area contributed by atoms with Crippen LogP contribution in [0.25, 0.3) is 5.70 Å². The molecular weight excluding hydrogens is 285 g/mol. The van der Waals surface area contributed by atoms with Gasteiger partial charge in [0.1, 0.15) is 17.1 Å². The van der Waals surface area contributed by atoms with Gasteiger partial charge in [-0.3, -0.25) is 4.79 Å². The first-order chi connectivity index (χ1) is 10.6. The molecule has 2 atom stereocenters. The molecule has 0 aliphatic carbocycles. The van der Waals surface area contributed by atoms with E-state index >= 15 is 0 Å². The molecule has 0 spiro atoms. The molecule has 1 aromatic rings. The number of halogens is 1. The summed E-state index contributed by atoms with van der Waals surface area (Å²) < 4.78 is 14.0. The molecule has 3 rings (SSSR count). The van der Waals surface area contributed by atoms with Crippen LogP contribution in [-0.2, 0) is 4.79 Å². The van der Waals surface area contributed by atoms with E-state index in [0.717, 1.165) is 13.1 Å². The zero-order valence-corrected chi connectivity index (χ0v) is 12.2. The second kappa shape index (κ2) is 5.84. The zero-order valence-electron chi connectivity index (χ0n) is 12.2. The van der Waals surface area contributed by atoms with Crippen LogP contribution in [0.1, 0.15) is 0 Å². The van der Waals surface area contributed by atoms with Crippen molar-refractivity contribution in [3.63, 3.8) is 0 Å². The van der Waals surface area contributed by atoms with Crippen molar-refractivity contribution in [3.05, 3.63) is 43.0 Å². The molecule has 6 nitrogen and oxygen atoms in total. The third kappa shape index (κ3) is 2.48. The third-order valence-corrected chi connectivity index (χ3v) is 4.25. The number of hydrogen-bond acceptors (Lipinski definition) is 4. The molecule has 2 fully saturated rings. The van der Waals surface area contributed by atoms with Crippen LogP contribution in [0.15, 0.2) is 43.0 Å². The molecule has 1 N–H and O–H groups in total. The van der Waals surface area contributed by atoms with Crippen molar-refractivity contribution in [3.8, 4) is 0 Å². The smallest absolute Gasteiger partial charge is 0.259 e. The lowest BCUT2D eigenvalue weighted by Crippen LogP contribution is -2.33. The number of nitrogens with zero attached hydrogens (tertiary/aromatic N) is 4. The minimum atomic E-state index is -0.799. The van der Waals surface area contributed by atoms with Crippen molar-refractivity contribution in [1.29, 1.82) is 0 Å². The van der Waals surface area contributed by atoms with Gasteiger partial charge in [-0.1, -0.05) is 13.2 Å². The number of allylic oxidation sites excluding steroid dienone is 2. The third-order valence-electron chi connectivity index (χ3n) is 4.25. The van der Waals surface area contributed by atoms with Gasteiger partial charge in [-0.15, -0.1) is 0 Å². The lowest BCUT2D eigenvalue weighted by molar-refractivity contribution is -0.126. The topological polar surface area (TPSA) is 63.1 Å². The van der Waals surface area contributed by atoms with Crippen LogP contribution >= 0.6 is 0 Å². The summed E-state index contributed by atoms with van der Waals surface area (Å²) in [5.74, 6) is -0.303. The number of carbonyl (C=O) groups is 1. The quantitative estimate of drug-likeness (QED) is 0.661. The molecule has 22 heavy (non-hydrogen) atoms. The Bertz CT molecular complexity index is 624. The minimum Gasteiger partial charge on any atom is -0.338 e. The highest BCUT2D eigenvalue weighted by Crippen LogP contribution is 2.29. The van der Waals surface area contributed by atoms with Gasteiger partial charge < -0.3 is 10.2 Å². The van der Waals surface area contributed by atoms with Gasteiger partial charge >= 0.3 is 0 Å². The van der Waals surface area contributed by atoms with Crippen LogP contribution in [0.2, 0.25) is 0 Å². The van der Waals surface area contributed by atoms with E-state index in [1.54, 1.807) is 4.90 Å². The van der Waals surface area contributed by atoms with Gasteiger partial charge in [0.25, 0.3) is 5.91 Å². The molecule has 0 aromatic carbocycles. The molecule has 116 valence electrons. The summed E-state index contributed by atoms with van der Waals surface area (Å²) in [6.07, 6.45) is 4.29. The van der Waals surface area contributed by atoms with Crippen LogP contribution in [0, 0.1) is 11.8 Å². The highest BCUT2D eigenvalue weighted by molar-refractivity contribution is 6.03. The molecule has 0 unspecified atom stereocenters. The second-order valence-corrected chi connectivity index (χ2v) is 5.58. The Kier molecular flexibility index (Phi) is 3.89. The number of carbonyl (C=O) groups excluding carboxylic acids is 1. The Morgan fingerprint density at radius 1 is 1.27 bits per heavy atom. The van der Waals surface area contributed by atoms with E-state index in [1.165, 1.54) is 23.3 Å². The summed E-state index contributed by atoms with van der Waals surface area (Å²) in [7, 11) is 0. The number of likely N-dealkylation sites (tertiary alicyclic amines) is 1. The number of rotatable bonds is 4. The maximum atomic E-state index is 14.0. The van der Waals surface area contributed by atoms with E-state index in [9.17, 15) is 9.18 Å². The normalized spacial score (nSPS) is 24.9. The van der Waals surface area contributed by atoms with Crippen molar-refractivity contribution < 1.29 is 9.18 Å². The number of nitrogens with one attached hydrogen (secondary N) is 1. The standard InChI is InChI=1S/C15H18FN5O/c1-3-13(21-18-4-5-19-21)14(10(2)16)15(22)20-8-11-6-17-7-12(11)9-20/h3-5,11-12,17H,1-2,6-9H2/b14-13-/t11-,12+. The highest BCUT2D eigenvalue weighted by Gasteiger charge is 2.39. The zero-order chi connectivity index (χ0) is 15.7. The van der Waals surface area contributed by atoms with E-state index < -0.39 is 5.83 Å². The predicted octanol–water partition coefficient (Wildman–Crippen LogP) is 0.836. The summed E-state index contributed by atoms with van der Waals surface area (Å²) in [6, 6.07) is 0. The summed E-state index contributed by atoms with van der Waals surface area (Å²) in [6.45, 7) is 10.00. The van der Waals surface area contributed by atoms with E-state index in [0.29, 0.717) is 24.9 Å². The molecule has 1 aromatic heterocycles. The van der Waals surface area contributed by atoms with Crippen LogP contribution < -0.4 is 5.32 Å². The van der Waals surface area contributed by atoms with Gasteiger partial charge in [0.2, 0.25) is 0 Å². The lowest BCUT2D eigenvalue weighted by atomic mass is 10.0. The summed E-state index contributed by atoms with van der Waals surface area (Å²) in [5, 5.41) is 11.2. The molecule has 0 saturated carbocycles. The molecule has 3 heterocycles. The molecule has 2 aliphatic heterocycles. The number of amides is 1. The Balaban J connectivity index is 1.92. The van der Waals surface area contributed by atoms with Crippen molar-refractivity contribution >= 4 is 11.6 Å². The van der Waals surface area contributed by atoms with E-state index in [2.05, 4.69) is 28.7 Å². The van der Waals surface area contributed by atoms with Gasteiger partial charge in [0.05, 0.1) is 12.4 Å². The Hall–Kier alpha value is -2.28. The first-order valence-corrected chi connectivity index (χ1v) is 7.20. The fraction of sp³-hybridized carbons (Fsp3) is 0.400. The Labute approximate surface area is 128 Å². The molecule has 7 heteroatoms. The Morgan fingerprint density at radius 3 is 2.36 bits per heavy atom. The first-order valence-electron chi connectivity index (χ1n) is 7.20. The molecule has 1 amide bonds. The summed E-state index contributed by atoms with van der Waals surface area (Å²) in [5.41, 5.74) is 0.0804.